The molecule has 0 fully saturated rings. The number of nitrogens with one attached hydrogen (secondary N) is 1. The Bertz CT molecular complexity index is 88.9. The number of hydrogen-bond acceptors (Lipinski definition) is 3. The monoisotopic (exact) mass is 101 g/mol. The Hall–Kier alpha value is -1.06. The van der Waals surface area contributed by atoms with Gasteiger partial charge in [0.05, 0.1) is 0 Å². The maximum absolute atomic E-state index is 9.64. The van der Waals surface area contributed by atoms with E-state index in [2.05, 4.69) is 9.99 Å². The molecule has 0 unspecified atom stereocenters. The summed E-state index contributed by atoms with van der Waals surface area (Å²) in [4.78, 5) is 13.7. The van der Waals surface area contributed by atoms with Gasteiger partial charge in [0.25, 0.3) is 5.91 Å². The summed E-state index contributed by atoms with van der Waals surface area (Å²) in [5.74, 6) is -0.859. The topological polar surface area (TPSA) is 62.5 Å². The highest BCUT2D eigenvalue weighted by Gasteiger charge is 1.80. The van der Waals surface area contributed by atoms with E-state index in [9.17, 15) is 4.79 Å². The third-order valence-electron chi connectivity index (χ3n) is 0.275. The van der Waals surface area contributed by atoms with Crippen LogP contribution in [0.4, 0.5) is 0 Å². The van der Waals surface area contributed by atoms with Crippen molar-refractivity contribution in [1.82, 2.24) is 5.73 Å². The molecule has 0 aromatic rings. The van der Waals surface area contributed by atoms with Gasteiger partial charge in [-0.3, -0.25) is 10.5 Å². The van der Waals surface area contributed by atoms with Crippen LogP contribution < -0.4 is 5.73 Å². The Balaban J connectivity index is 3.26. The smallest absolute Gasteiger partial charge is 0.284 e. The van der Waals surface area contributed by atoms with Crippen LogP contribution in [0.2, 0.25) is 0 Å². The lowest BCUT2D eigenvalue weighted by Gasteiger charge is -1.78. The molecule has 4 heteroatoms. The predicted octanol–water partition coefficient (Wildman–Crippen LogP) is -0.572. The number of amides is 1. The van der Waals surface area contributed by atoms with Gasteiger partial charge in [0.2, 0.25) is 0 Å². The highest BCUT2D eigenvalue weighted by atomic mass is 16.6. The van der Waals surface area contributed by atoms with Crippen molar-refractivity contribution in [3.05, 3.63) is 0 Å². The third kappa shape index (κ3) is 4.94. The number of carbonyl (C=O) groups is 1. The molecule has 0 aromatic heterocycles. The summed E-state index contributed by atoms with van der Waals surface area (Å²) in [6.07, 6.45) is 0.778. The first-order chi connectivity index (χ1) is 3.27. The van der Waals surface area contributed by atoms with Gasteiger partial charge in [-0.1, -0.05) is 5.16 Å². The van der Waals surface area contributed by atoms with Gasteiger partial charge in [-0.25, -0.2) is 0 Å². The molecule has 0 bridgehead atoms. The number of oxime groups is 1. The van der Waals surface area contributed by atoms with Crippen LogP contribution in [0.3, 0.4) is 0 Å². The molecule has 7 heavy (non-hydrogen) atoms. The zero-order chi connectivity index (χ0) is 5.70. The van der Waals surface area contributed by atoms with E-state index in [0.717, 1.165) is 6.21 Å². The van der Waals surface area contributed by atoms with Crippen LogP contribution in [0.5, 0.6) is 0 Å². The summed E-state index contributed by atoms with van der Waals surface area (Å²) in [5, 5.41) is 3.01. The molecule has 0 heterocycles. The lowest BCUT2D eigenvalue weighted by Crippen LogP contribution is -1.97. The van der Waals surface area contributed by atoms with Crippen molar-refractivity contribution in [1.29, 1.82) is 0 Å². The number of carbonyl (C=O) groups excluding carboxylic acids is 1. The molecule has 0 rings (SSSR count). The lowest BCUT2D eigenvalue weighted by molar-refractivity contribution is -0.112. The normalized spacial score (nSPS) is 9.29. The van der Waals surface area contributed by atoms with Crippen molar-refractivity contribution in [2.24, 2.45) is 5.16 Å². The largest absolute Gasteiger partial charge is 0.399 e. The van der Waals surface area contributed by atoms with Crippen LogP contribution in [-0.2, 0) is 9.63 Å². The maximum Gasteiger partial charge on any atom is 0.284 e. The van der Waals surface area contributed by atoms with Gasteiger partial charge in [0.15, 0.2) is 0 Å². The summed E-state index contributed by atoms with van der Waals surface area (Å²) in [6, 6.07) is 0. The van der Waals surface area contributed by atoms with Crippen molar-refractivity contribution < 1.29 is 9.63 Å². The molecular weight excluding hydrogens is 96.0 g/mol. The van der Waals surface area contributed by atoms with Gasteiger partial charge in [0, 0.05) is 0 Å². The summed E-state index contributed by atoms with van der Waals surface area (Å²) >= 11 is 0. The molecule has 0 aliphatic carbocycles. The first kappa shape index (κ1) is 5.94. The summed E-state index contributed by atoms with van der Waals surface area (Å²) in [5.41, 5.74) is 6.21. The van der Waals surface area contributed by atoms with Crippen LogP contribution >= 0.6 is 0 Å². The fourth-order valence-electron chi connectivity index (χ4n) is 0.101. The van der Waals surface area contributed by atoms with Crippen molar-refractivity contribution in [3.63, 3.8) is 0 Å². The van der Waals surface area contributed by atoms with Crippen LogP contribution in [0.1, 0.15) is 0 Å². The predicted molar refractivity (Wildman–Crippen MR) is 23.6 cm³/mol. The first-order valence-electron chi connectivity index (χ1n) is 1.59. The number of hydrogen-bond donors (Lipinski definition) is 0. The van der Waals surface area contributed by atoms with E-state index in [-0.39, 0.29) is 0 Å². The molecular formula is C3H5N2O2. The Labute approximate surface area is 40.9 Å². The molecule has 39 valence electrons. The van der Waals surface area contributed by atoms with E-state index in [1.165, 1.54) is 7.11 Å². The van der Waals surface area contributed by atoms with E-state index in [4.69, 9.17) is 5.73 Å². The minimum atomic E-state index is -0.859. The van der Waals surface area contributed by atoms with Gasteiger partial charge >= 0.3 is 0 Å². The number of rotatable bonds is 2. The summed E-state index contributed by atoms with van der Waals surface area (Å²) in [7, 11) is 1.30. The van der Waals surface area contributed by atoms with E-state index >= 15 is 0 Å². The zero-order valence-corrected chi connectivity index (χ0v) is 3.84. The average molecular weight is 101 g/mol. The second-order valence-corrected chi connectivity index (χ2v) is 0.781. The standard InChI is InChI=1S/C3H5N2O2/c1-7-5-2-3(4)6/h2,4H,1H3. The molecule has 0 aliphatic heterocycles. The van der Waals surface area contributed by atoms with Crippen LogP contribution in [0, 0.1) is 0 Å². The minimum absolute atomic E-state index is 0.778. The van der Waals surface area contributed by atoms with E-state index in [0.29, 0.717) is 0 Å². The molecule has 0 atom stereocenters. The van der Waals surface area contributed by atoms with Crippen molar-refractivity contribution >= 4 is 12.1 Å². The molecule has 0 saturated carbocycles. The van der Waals surface area contributed by atoms with E-state index < -0.39 is 5.91 Å². The molecule has 1 amide bonds. The molecule has 4 nitrogen and oxygen atoms in total. The fourth-order valence-corrected chi connectivity index (χ4v) is 0.101. The Morgan fingerprint density at radius 1 is 2.00 bits per heavy atom. The highest BCUT2D eigenvalue weighted by molar-refractivity contribution is 6.24. The van der Waals surface area contributed by atoms with Gasteiger partial charge in [0.1, 0.15) is 13.3 Å². The van der Waals surface area contributed by atoms with Crippen LogP contribution in [0.15, 0.2) is 5.16 Å². The molecule has 0 aliphatic rings. The SMILES string of the molecule is CON=CC([NH])=O. The van der Waals surface area contributed by atoms with E-state index in [1.807, 2.05) is 0 Å². The highest BCUT2D eigenvalue weighted by Crippen LogP contribution is 1.60. The van der Waals surface area contributed by atoms with Crippen LogP contribution in [0.25, 0.3) is 0 Å². The Morgan fingerprint density at radius 2 is 2.57 bits per heavy atom. The van der Waals surface area contributed by atoms with Gasteiger partial charge in [-0.15, -0.1) is 0 Å². The summed E-state index contributed by atoms with van der Waals surface area (Å²) < 4.78 is 0. The molecule has 0 spiro atoms. The molecule has 0 aromatic carbocycles. The molecule has 1 radical (unpaired) electrons. The second kappa shape index (κ2) is 3.14. The number of nitrogens with zero attached hydrogens (tertiary/aromatic N) is 1. The fraction of sp³-hybridized carbons (Fsp3) is 0.333. The van der Waals surface area contributed by atoms with Gasteiger partial charge in [-0.05, 0) is 0 Å². The van der Waals surface area contributed by atoms with Crippen molar-refractivity contribution in [3.8, 4) is 0 Å². The average Bonchev–Trinajstić information content (AvgIpc) is 1.61. The van der Waals surface area contributed by atoms with Gasteiger partial charge in [-0.2, -0.15) is 0 Å². The van der Waals surface area contributed by atoms with Crippen LogP contribution in [-0.4, -0.2) is 19.2 Å². The van der Waals surface area contributed by atoms with Gasteiger partial charge < -0.3 is 4.84 Å². The Morgan fingerprint density at radius 3 is 2.71 bits per heavy atom. The quantitative estimate of drug-likeness (QED) is 0.345. The third-order valence-corrected chi connectivity index (χ3v) is 0.275. The second-order valence-electron chi connectivity index (χ2n) is 0.781. The maximum atomic E-state index is 9.64. The Kier molecular flexibility index (Phi) is 2.67. The van der Waals surface area contributed by atoms with Crippen molar-refractivity contribution in [2.45, 2.75) is 0 Å². The van der Waals surface area contributed by atoms with Crippen molar-refractivity contribution in [2.75, 3.05) is 7.11 Å². The molecule has 0 saturated heterocycles. The molecule has 1 N–H and O–H groups in total. The lowest BCUT2D eigenvalue weighted by atomic mass is 10.7. The summed E-state index contributed by atoms with van der Waals surface area (Å²) in [6.45, 7) is 0. The van der Waals surface area contributed by atoms with E-state index in [1.54, 1.807) is 0 Å². The first-order valence-corrected chi connectivity index (χ1v) is 1.59. The minimum Gasteiger partial charge on any atom is -0.399 e. The zero-order valence-electron chi connectivity index (χ0n) is 3.84.